The van der Waals surface area contributed by atoms with Crippen molar-refractivity contribution < 1.29 is 0 Å². The quantitative estimate of drug-likeness (QED) is 0.640. The molecular formula is C9H9N5S2. The summed E-state index contributed by atoms with van der Waals surface area (Å²) in [5.74, 6) is 0.0134. The minimum absolute atomic E-state index is 0.0134. The van der Waals surface area contributed by atoms with Crippen molar-refractivity contribution >= 4 is 29.1 Å². The van der Waals surface area contributed by atoms with Crippen LogP contribution in [0.25, 0.3) is 0 Å². The molecule has 0 aromatic carbocycles. The summed E-state index contributed by atoms with van der Waals surface area (Å²) in [6.07, 6.45) is 1.50. The lowest BCUT2D eigenvalue weighted by Gasteiger charge is -2.05. The van der Waals surface area contributed by atoms with Crippen molar-refractivity contribution in [3.05, 3.63) is 29.7 Å². The Morgan fingerprint density at radius 3 is 2.94 bits per heavy atom. The molecule has 0 spiro atoms. The molecular weight excluding hydrogens is 242 g/mol. The van der Waals surface area contributed by atoms with E-state index in [9.17, 15) is 0 Å². The Balaban J connectivity index is 2.38. The zero-order valence-corrected chi connectivity index (χ0v) is 10.1. The molecule has 0 bridgehead atoms. The third-order valence-electron chi connectivity index (χ3n) is 1.81. The molecule has 2 aromatic rings. The summed E-state index contributed by atoms with van der Waals surface area (Å²) >= 11 is 2.67. The normalized spacial score (nSPS) is 10.3. The van der Waals surface area contributed by atoms with E-state index in [4.69, 9.17) is 11.1 Å². The molecule has 0 saturated heterocycles. The highest BCUT2D eigenvalue weighted by Gasteiger charge is 2.10. The number of nitrogens with one attached hydrogen (secondary N) is 1. The van der Waals surface area contributed by atoms with Crippen molar-refractivity contribution in [1.29, 1.82) is 5.41 Å². The first-order chi connectivity index (χ1) is 7.66. The molecule has 16 heavy (non-hydrogen) atoms. The molecule has 7 heteroatoms. The number of aryl methyl sites for hydroxylation is 1. The van der Waals surface area contributed by atoms with E-state index in [1.54, 1.807) is 6.07 Å². The number of nitrogens with two attached hydrogens (primary N) is 1. The molecule has 0 fully saturated rings. The number of pyridine rings is 1. The number of amidine groups is 1. The maximum absolute atomic E-state index is 7.47. The average molecular weight is 251 g/mol. The molecule has 0 unspecified atom stereocenters. The number of hydrogen-bond donors (Lipinski definition) is 2. The van der Waals surface area contributed by atoms with Crippen molar-refractivity contribution in [2.24, 2.45) is 5.73 Å². The second-order valence-corrected chi connectivity index (χ2v) is 5.04. The minimum atomic E-state index is 0.0134. The van der Waals surface area contributed by atoms with Crippen LogP contribution in [0, 0.1) is 12.3 Å². The molecule has 0 radical (unpaired) electrons. The molecule has 2 rings (SSSR count). The second-order valence-electron chi connectivity index (χ2n) is 3.03. The summed E-state index contributed by atoms with van der Waals surface area (Å²) in [5.41, 5.74) is 7.01. The van der Waals surface area contributed by atoms with Gasteiger partial charge in [-0.25, -0.2) is 9.97 Å². The SMILES string of the molecule is Cc1ccc(C(=N)N)c(Sc2ncns2)n1. The van der Waals surface area contributed by atoms with E-state index in [0.717, 1.165) is 10.0 Å². The number of rotatable bonds is 3. The topological polar surface area (TPSA) is 88.5 Å². The molecule has 0 aliphatic rings. The van der Waals surface area contributed by atoms with Gasteiger partial charge in [0.05, 0.1) is 0 Å². The molecule has 2 heterocycles. The number of nitrogen functional groups attached to an aromatic ring is 1. The van der Waals surface area contributed by atoms with E-state index in [0.29, 0.717) is 10.6 Å². The van der Waals surface area contributed by atoms with Crippen LogP contribution in [0.1, 0.15) is 11.3 Å². The summed E-state index contributed by atoms with van der Waals surface area (Å²) in [4.78, 5) is 8.41. The van der Waals surface area contributed by atoms with Crippen molar-refractivity contribution in [3.8, 4) is 0 Å². The minimum Gasteiger partial charge on any atom is -0.384 e. The Hall–Kier alpha value is -1.47. The van der Waals surface area contributed by atoms with Crippen LogP contribution in [0.2, 0.25) is 0 Å². The van der Waals surface area contributed by atoms with Gasteiger partial charge in [0.2, 0.25) is 0 Å². The van der Waals surface area contributed by atoms with Crippen molar-refractivity contribution in [1.82, 2.24) is 14.3 Å². The Kier molecular flexibility index (Phi) is 3.16. The zero-order chi connectivity index (χ0) is 11.5. The highest BCUT2D eigenvalue weighted by atomic mass is 32.2. The first kappa shape index (κ1) is 11.0. The number of hydrogen-bond acceptors (Lipinski definition) is 6. The van der Waals surface area contributed by atoms with Crippen molar-refractivity contribution in [2.75, 3.05) is 0 Å². The van der Waals surface area contributed by atoms with Gasteiger partial charge in [0.15, 0.2) is 4.34 Å². The van der Waals surface area contributed by atoms with E-state index in [1.165, 1.54) is 29.6 Å². The Bertz CT molecular complexity index is 509. The third-order valence-corrected chi connectivity index (χ3v) is 3.53. The lowest BCUT2D eigenvalue weighted by Crippen LogP contribution is -2.13. The van der Waals surface area contributed by atoms with Crippen LogP contribution in [0.3, 0.4) is 0 Å². The first-order valence-electron chi connectivity index (χ1n) is 4.43. The summed E-state index contributed by atoms with van der Waals surface area (Å²) in [6, 6.07) is 3.63. The second kappa shape index (κ2) is 4.58. The van der Waals surface area contributed by atoms with Crippen molar-refractivity contribution in [3.63, 3.8) is 0 Å². The third kappa shape index (κ3) is 2.37. The summed E-state index contributed by atoms with van der Waals surface area (Å²) < 4.78 is 4.70. The predicted octanol–water partition coefficient (Wildman–Crippen LogP) is 1.68. The largest absolute Gasteiger partial charge is 0.384 e. The maximum atomic E-state index is 7.47. The fourth-order valence-electron chi connectivity index (χ4n) is 1.11. The van der Waals surface area contributed by atoms with Gasteiger partial charge >= 0.3 is 0 Å². The van der Waals surface area contributed by atoms with Gasteiger partial charge in [-0.05, 0) is 42.4 Å². The van der Waals surface area contributed by atoms with E-state index in [-0.39, 0.29) is 5.84 Å². The highest BCUT2D eigenvalue weighted by Crippen LogP contribution is 2.29. The van der Waals surface area contributed by atoms with Gasteiger partial charge in [0.1, 0.15) is 17.2 Å². The number of nitrogens with zero attached hydrogens (tertiary/aromatic N) is 3. The molecule has 5 nitrogen and oxygen atoms in total. The zero-order valence-electron chi connectivity index (χ0n) is 8.47. The van der Waals surface area contributed by atoms with E-state index in [1.807, 2.05) is 13.0 Å². The van der Waals surface area contributed by atoms with Crippen LogP contribution < -0.4 is 5.73 Å². The van der Waals surface area contributed by atoms with Crippen molar-refractivity contribution in [2.45, 2.75) is 16.3 Å². The Labute approximate surface area is 101 Å². The van der Waals surface area contributed by atoms with Gasteiger partial charge < -0.3 is 5.73 Å². The number of aromatic nitrogens is 3. The van der Waals surface area contributed by atoms with Crippen LogP contribution in [-0.4, -0.2) is 20.2 Å². The van der Waals surface area contributed by atoms with Crippen LogP contribution >= 0.6 is 23.3 Å². The average Bonchev–Trinajstić information content (AvgIpc) is 2.70. The summed E-state index contributed by atoms with van der Waals surface area (Å²) in [7, 11) is 0. The molecule has 0 saturated carbocycles. The summed E-state index contributed by atoms with van der Waals surface area (Å²) in [5, 5.41) is 8.17. The standard InChI is InChI=1S/C9H9N5S2/c1-5-2-3-6(7(10)11)8(14-5)15-9-12-4-13-16-9/h2-4H,1H3,(H3,10,11). The fourth-order valence-corrected chi connectivity index (χ4v) is 2.64. The highest BCUT2D eigenvalue weighted by molar-refractivity contribution is 8.01. The van der Waals surface area contributed by atoms with Gasteiger partial charge in [0, 0.05) is 11.3 Å². The molecule has 0 atom stereocenters. The lowest BCUT2D eigenvalue weighted by molar-refractivity contribution is 1.05. The molecule has 0 amide bonds. The van der Waals surface area contributed by atoms with Crippen LogP contribution in [-0.2, 0) is 0 Å². The van der Waals surface area contributed by atoms with Crippen LogP contribution in [0.15, 0.2) is 27.8 Å². The van der Waals surface area contributed by atoms with E-state index < -0.39 is 0 Å². The maximum Gasteiger partial charge on any atom is 0.176 e. The van der Waals surface area contributed by atoms with E-state index in [2.05, 4.69) is 14.3 Å². The smallest absolute Gasteiger partial charge is 0.176 e. The van der Waals surface area contributed by atoms with Gasteiger partial charge in [-0.2, -0.15) is 4.37 Å². The van der Waals surface area contributed by atoms with Crippen LogP contribution in [0.4, 0.5) is 0 Å². The molecule has 2 aromatic heterocycles. The fraction of sp³-hybridized carbons (Fsp3) is 0.111. The van der Waals surface area contributed by atoms with Crippen LogP contribution in [0.5, 0.6) is 0 Å². The molecule has 0 aliphatic heterocycles. The lowest BCUT2D eigenvalue weighted by atomic mass is 10.2. The van der Waals surface area contributed by atoms with Gasteiger partial charge in [-0.3, -0.25) is 5.41 Å². The predicted molar refractivity (Wildman–Crippen MR) is 64.0 cm³/mol. The molecule has 82 valence electrons. The van der Waals surface area contributed by atoms with Gasteiger partial charge in [-0.1, -0.05) is 0 Å². The summed E-state index contributed by atoms with van der Waals surface area (Å²) in [6.45, 7) is 1.90. The Morgan fingerprint density at radius 1 is 1.50 bits per heavy atom. The van der Waals surface area contributed by atoms with Gasteiger partial charge in [-0.15, -0.1) is 0 Å². The molecule has 3 N–H and O–H groups in total. The first-order valence-corrected chi connectivity index (χ1v) is 6.02. The Morgan fingerprint density at radius 2 is 2.31 bits per heavy atom. The monoisotopic (exact) mass is 251 g/mol. The van der Waals surface area contributed by atoms with Gasteiger partial charge in [0.25, 0.3) is 0 Å². The van der Waals surface area contributed by atoms with E-state index >= 15 is 0 Å². The molecule has 0 aliphatic carbocycles.